The average molecular weight is 479 g/mol. The van der Waals surface area contributed by atoms with Gasteiger partial charge in [0.2, 0.25) is 5.91 Å². The van der Waals surface area contributed by atoms with Crippen molar-refractivity contribution in [2.75, 3.05) is 19.6 Å². The van der Waals surface area contributed by atoms with E-state index in [2.05, 4.69) is 5.32 Å². The van der Waals surface area contributed by atoms with Gasteiger partial charge in [-0.25, -0.2) is 9.59 Å². The van der Waals surface area contributed by atoms with E-state index in [1.54, 1.807) is 9.80 Å². The number of nitrogens with one attached hydrogen (secondary N) is 1. The summed E-state index contributed by atoms with van der Waals surface area (Å²) in [6.45, 7) is 1.93. The molecule has 2 aromatic carbocycles. The van der Waals surface area contributed by atoms with Gasteiger partial charge >= 0.3 is 12.1 Å². The Balaban J connectivity index is 1.10. The maximum absolute atomic E-state index is 13.1. The fraction of sp³-hybridized carbons (Fsp3) is 0.423. The summed E-state index contributed by atoms with van der Waals surface area (Å²) in [6.07, 6.45) is 1.56. The minimum Gasteiger partial charge on any atom is -0.445 e. The van der Waals surface area contributed by atoms with Gasteiger partial charge in [-0.15, -0.1) is 0 Å². The third-order valence-electron chi connectivity index (χ3n) is 6.84. The molecule has 3 atom stereocenters. The van der Waals surface area contributed by atoms with Crippen molar-refractivity contribution >= 4 is 18.0 Å². The lowest BCUT2D eigenvalue weighted by atomic mass is 10.00. The van der Waals surface area contributed by atoms with Gasteiger partial charge in [0.25, 0.3) is 0 Å². The molecule has 1 unspecified atom stereocenters. The quantitative estimate of drug-likeness (QED) is 0.661. The van der Waals surface area contributed by atoms with Crippen molar-refractivity contribution in [2.24, 2.45) is 0 Å². The summed E-state index contributed by atoms with van der Waals surface area (Å²) < 4.78 is 5.40. The van der Waals surface area contributed by atoms with Gasteiger partial charge in [0, 0.05) is 25.7 Å². The molecule has 3 fully saturated rings. The van der Waals surface area contributed by atoms with Crippen LogP contribution < -0.4 is 5.32 Å². The molecule has 0 aromatic heterocycles. The Labute approximate surface area is 204 Å². The van der Waals surface area contributed by atoms with Gasteiger partial charge in [0.1, 0.15) is 19.3 Å². The van der Waals surface area contributed by atoms with Crippen LogP contribution in [0, 0.1) is 0 Å². The predicted molar refractivity (Wildman–Crippen MR) is 127 cm³/mol. The third-order valence-corrected chi connectivity index (χ3v) is 6.84. The molecule has 1 N–H and O–H groups in total. The van der Waals surface area contributed by atoms with Crippen molar-refractivity contribution in [2.45, 2.75) is 50.6 Å². The highest BCUT2D eigenvalue weighted by Gasteiger charge is 2.48. The number of urea groups is 1. The molecule has 9 nitrogen and oxygen atoms in total. The average Bonchev–Trinajstić information content (AvgIpc) is 3.45. The van der Waals surface area contributed by atoms with Crippen LogP contribution in [0.2, 0.25) is 0 Å². The van der Waals surface area contributed by atoms with E-state index in [9.17, 15) is 14.4 Å². The maximum atomic E-state index is 13.1. The Morgan fingerprint density at radius 1 is 0.886 bits per heavy atom. The van der Waals surface area contributed by atoms with Crippen molar-refractivity contribution < 1.29 is 24.0 Å². The van der Waals surface area contributed by atoms with Crippen molar-refractivity contribution in [3.63, 3.8) is 0 Å². The SMILES string of the molecule is O=C(NC1CCN(C(=O)OCc2ccccc2)C1)[C@@H]1CC[C@@H]2CN1C(=O)N2OCc1ccccc1. The maximum Gasteiger partial charge on any atom is 0.410 e. The zero-order valence-corrected chi connectivity index (χ0v) is 19.5. The lowest BCUT2D eigenvalue weighted by Gasteiger charge is -2.30. The molecule has 2 bridgehead atoms. The van der Waals surface area contributed by atoms with Gasteiger partial charge in [-0.1, -0.05) is 60.7 Å². The number of hydrogen-bond acceptors (Lipinski definition) is 5. The van der Waals surface area contributed by atoms with Crippen LogP contribution in [0.15, 0.2) is 60.7 Å². The van der Waals surface area contributed by atoms with E-state index >= 15 is 0 Å². The first-order valence-electron chi connectivity index (χ1n) is 12.1. The molecule has 35 heavy (non-hydrogen) atoms. The molecule has 5 rings (SSSR count). The van der Waals surface area contributed by atoms with Crippen molar-refractivity contribution in [1.29, 1.82) is 0 Å². The molecule has 2 aromatic rings. The fourth-order valence-electron chi connectivity index (χ4n) is 4.94. The minimum absolute atomic E-state index is 0.0448. The Morgan fingerprint density at radius 2 is 1.57 bits per heavy atom. The Kier molecular flexibility index (Phi) is 6.85. The van der Waals surface area contributed by atoms with Crippen molar-refractivity contribution in [1.82, 2.24) is 20.2 Å². The smallest absolute Gasteiger partial charge is 0.410 e. The van der Waals surface area contributed by atoms with E-state index in [0.29, 0.717) is 45.5 Å². The number of likely N-dealkylation sites (tertiary alicyclic amines) is 1. The van der Waals surface area contributed by atoms with Crippen LogP contribution in [0.4, 0.5) is 9.59 Å². The van der Waals surface area contributed by atoms with Crippen LogP contribution >= 0.6 is 0 Å². The molecule has 0 aliphatic carbocycles. The molecule has 184 valence electrons. The Morgan fingerprint density at radius 3 is 2.29 bits per heavy atom. The molecule has 0 spiro atoms. The highest BCUT2D eigenvalue weighted by atomic mass is 16.7. The van der Waals surface area contributed by atoms with Gasteiger partial charge in [0.15, 0.2) is 0 Å². The number of nitrogens with zero attached hydrogens (tertiary/aromatic N) is 3. The summed E-state index contributed by atoms with van der Waals surface area (Å²) in [5.41, 5.74) is 1.91. The zero-order chi connectivity index (χ0) is 24.2. The van der Waals surface area contributed by atoms with Gasteiger partial charge in [-0.3, -0.25) is 9.63 Å². The molecule has 3 aliphatic heterocycles. The molecule has 3 heterocycles. The Bertz CT molecular complexity index is 1050. The first-order chi connectivity index (χ1) is 17.1. The number of hydroxylamine groups is 2. The third kappa shape index (κ3) is 5.24. The summed E-state index contributed by atoms with van der Waals surface area (Å²) in [5.74, 6) is -0.175. The van der Waals surface area contributed by atoms with Crippen LogP contribution in [0.1, 0.15) is 30.4 Å². The fourth-order valence-corrected chi connectivity index (χ4v) is 4.94. The summed E-state index contributed by atoms with van der Waals surface area (Å²) in [7, 11) is 0. The van der Waals surface area contributed by atoms with Gasteiger partial charge in [-0.05, 0) is 30.4 Å². The standard InChI is InChI=1S/C26H30N4O5/c31-24(27-21-13-14-28(15-21)26(33)34-17-19-7-3-1-4-8-19)23-12-11-22-16-29(23)25(32)30(22)35-18-20-9-5-2-6-10-20/h1-10,21-23H,11-18H2,(H,27,31)/t21?,22-,23+/m1/s1. The van der Waals surface area contributed by atoms with E-state index < -0.39 is 6.04 Å². The second-order valence-corrected chi connectivity index (χ2v) is 9.25. The molecular formula is C26H30N4O5. The largest absolute Gasteiger partial charge is 0.445 e. The van der Waals surface area contributed by atoms with E-state index in [0.717, 1.165) is 11.1 Å². The van der Waals surface area contributed by atoms with Gasteiger partial charge in [0.05, 0.1) is 6.04 Å². The molecule has 9 heteroatoms. The number of carbonyl (C=O) groups is 3. The van der Waals surface area contributed by atoms with Crippen LogP contribution in [-0.2, 0) is 27.6 Å². The molecule has 0 saturated carbocycles. The number of fused-ring (bicyclic) bond motifs is 2. The van der Waals surface area contributed by atoms with Crippen molar-refractivity contribution in [3.05, 3.63) is 71.8 Å². The molecule has 0 radical (unpaired) electrons. The molecule has 4 amide bonds. The summed E-state index contributed by atoms with van der Waals surface area (Å²) >= 11 is 0. The minimum atomic E-state index is -0.525. The molecule has 3 aliphatic rings. The first kappa shape index (κ1) is 23.2. The lowest BCUT2D eigenvalue weighted by Crippen LogP contribution is -2.52. The topological polar surface area (TPSA) is 91.4 Å². The van der Waals surface area contributed by atoms with Crippen LogP contribution in [0.25, 0.3) is 0 Å². The number of rotatable bonds is 7. The van der Waals surface area contributed by atoms with E-state index in [1.807, 2.05) is 60.7 Å². The summed E-state index contributed by atoms with van der Waals surface area (Å²) in [5, 5.41) is 4.47. The summed E-state index contributed by atoms with van der Waals surface area (Å²) in [6, 6.07) is 18.2. The van der Waals surface area contributed by atoms with E-state index in [4.69, 9.17) is 9.57 Å². The monoisotopic (exact) mass is 478 g/mol. The zero-order valence-electron chi connectivity index (χ0n) is 19.5. The van der Waals surface area contributed by atoms with Crippen molar-refractivity contribution in [3.8, 4) is 0 Å². The van der Waals surface area contributed by atoms with E-state index in [-0.39, 0.29) is 36.7 Å². The number of ether oxygens (including phenoxy) is 1. The molecular weight excluding hydrogens is 448 g/mol. The summed E-state index contributed by atoms with van der Waals surface area (Å²) in [4.78, 5) is 47.5. The number of benzene rings is 2. The van der Waals surface area contributed by atoms with Crippen LogP contribution in [0.5, 0.6) is 0 Å². The Hall–Kier alpha value is -3.59. The van der Waals surface area contributed by atoms with Crippen LogP contribution in [-0.4, -0.2) is 70.7 Å². The highest BCUT2D eigenvalue weighted by Crippen LogP contribution is 2.31. The van der Waals surface area contributed by atoms with Crippen LogP contribution in [0.3, 0.4) is 0 Å². The van der Waals surface area contributed by atoms with E-state index in [1.165, 1.54) is 5.06 Å². The number of amides is 4. The predicted octanol–water partition coefficient (Wildman–Crippen LogP) is 2.91. The van der Waals surface area contributed by atoms with Gasteiger partial charge in [-0.2, -0.15) is 5.06 Å². The first-order valence-corrected chi connectivity index (χ1v) is 12.1. The highest BCUT2D eigenvalue weighted by molar-refractivity contribution is 5.88. The lowest BCUT2D eigenvalue weighted by molar-refractivity contribution is -0.140. The number of carbonyl (C=O) groups excluding carboxylic acids is 3. The normalized spacial score (nSPS) is 23.5. The second kappa shape index (κ2) is 10.4. The number of hydrogen-bond donors (Lipinski definition) is 1. The second-order valence-electron chi connectivity index (χ2n) is 9.25. The van der Waals surface area contributed by atoms with Gasteiger partial charge < -0.3 is 19.9 Å². The molecule has 3 saturated heterocycles. The number of piperidine rings is 1.